The second-order valence-corrected chi connectivity index (χ2v) is 5.89. The summed E-state index contributed by atoms with van der Waals surface area (Å²) in [6, 6.07) is 4.51. The van der Waals surface area contributed by atoms with E-state index >= 15 is 0 Å². The van der Waals surface area contributed by atoms with Crippen molar-refractivity contribution >= 4 is 11.8 Å². The number of benzene rings is 1. The van der Waals surface area contributed by atoms with E-state index in [1.165, 1.54) is 0 Å². The largest absolute Gasteiger partial charge is 0.316 e. The molecule has 0 radical (unpaired) electrons. The predicted octanol–water partition coefficient (Wildman–Crippen LogP) is 3.24. The Morgan fingerprint density at radius 2 is 2.00 bits per heavy atom. The van der Waals surface area contributed by atoms with Crippen LogP contribution in [0.25, 0.3) is 0 Å². The van der Waals surface area contributed by atoms with E-state index in [0.29, 0.717) is 17.2 Å². The monoisotopic (exact) mass is 259 g/mol. The molecule has 0 aliphatic rings. The van der Waals surface area contributed by atoms with Gasteiger partial charge in [-0.25, -0.2) is 8.78 Å². The maximum Gasteiger partial charge on any atom is 0.162 e. The first-order valence-corrected chi connectivity index (χ1v) is 6.81. The molecule has 4 heteroatoms. The fourth-order valence-electron chi connectivity index (χ4n) is 1.52. The molecule has 0 bridgehead atoms. The van der Waals surface area contributed by atoms with Gasteiger partial charge in [0.1, 0.15) is 0 Å². The Labute approximate surface area is 106 Å². The first-order valence-electron chi connectivity index (χ1n) is 5.76. The summed E-state index contributed by atoms with van der Waals surface area (Å²) in [4.78, 5) is 0. The van der Waals surface area contributed by atoms with Gasteiger partial charge in [-0.05, 0) is 30.3 Å². The average Bonchev–Trinajstić information content (AvgIpc) is 2.29. The SMILES string of the molecule is CNC(CSC(C)C)Cc1cccc(F)c1F. The minimum atomic E-state index is -0.770. The topological polar surface area (TPSA) is 12.0 Å². The van der Waals surface area contributed by atoms with Gasteiger partial charge in [0.25, 0.3) is 0 Å². The minimum absolute atomic E-state index is 0.165. The van der Waals surface area contributed by atoms with Crippen molar-refractivity contribution in [3.63, 3.8) is 0 Å². The van der Waals surface area contributed by atoms with E-state index in [4.69, 9.17) is 0 Å². The highest BCUT2D eigenvalue weighted by atomic mass is 32.2. The van der Waals surface area contributed by atoms with Gasteiger partial charge in [-0.1, -0.05) is 26.0 Å². The molecule has 1 unspecified atom stereocenters. The zero-order valence-corrected chi connectivity index (χ0v) is 11.3. The molecule has 1 aromatic carbocycles. The molecule has 0 amide bonds. The lowest BCUT2D eigenvalue weighted by atomic mass is 10.1. The van der Waals surface area contributed by atoms with Crippen molar-refractivity contribution in [2.24, 2.45) is 0 Å². The van der Waals surface area contributed by atoms with Gasteiger partial charge in [0.15, 0.2) is 11.6 Å². The van der Waals surface area contributed by atoms with Crippen molar-refractivity contribution in [2.75, 3.05) is 12.8 Å². The Hall–Kier alpha value is -0.610. The van der Waals surface area contributed by atoms with Crippen LogP contribution < -0.4 is 5.32 Å². The van der Waals surface area contributed by atoms with Crippen LogP contribution in [-0.4, -0.2) is 24.1 Å². The summed E-state index contributed by atoms with van der Waals surface area (Å²) in [5, 5.41) is 3.69. The van der Waals surface area contributed by atoms with Crippen LogP contribution >= 0.6 is 11.8 Å². The van der Waals surface area contributed by atoms with Gasteiger partial charge in [0, 0.05) is 11.8 Å². The number of hydrogen-bond acceptors (Lipinski definition) is 2. The highest BCUT2D eigenvalue weighted by Gasteiger charge is 2.13. The molecule has 0 aliphatic carbocycles. The summed E-state index contributed by atoms with van der Waals surface area (Å²) in [5.74, 6) is -0.597. The quantitative estimate of drug-likeness (QED) is 0.841. The highest BCUT2D eigenvalue weighted by molar-refractivity contribution is 7.99. The van der Waals surface area contributed by atoms with Crippen LogP contribution in [0, 0.1) is 11.6 Å². The Morgan fingerprint density at radius 3 is 2.59 bits per heavy atom. The molecule has 1 aromatic rings. The van der Waals surface area contributed by atoms with Gasteiger partial charge in [-0.2, -0.15) is 11.8 Å². The molecule has 1 nitrogen and oxygen atoms in total. The number of thioether (sulfide) groups is 1. The van der Waals surface area contributed by atoms with Gasteiger partial charge >= 0.3 is 0 Å². The van der Waals surface area contributed by atoms with Crippen molar-refractivity contribution in [2.45, 2.75) is 31.6 Å². The van der Waals surface area contributed by atoms with Gasteiger partial charge < -0.3 is 5.32 Å². The van der Waals surface area contributed by atoms with E-state index < -0.39 is 11.6 Å². The Bertz CT molecular complexity index is 355. The van der Waals surface area contributed by atoms with E-state index in [1.54, 1.807) is 12.1 Å². The molecule has 1 rings (SSSR count). The van der Waals surface area contributed by atoms with Crippen LogP contribution in [-0.2, 0) is 6.42 Å². The lowest BCUT2D eigenvalue weighted by Crippen LogP contribution is -2.31. The molecular formula is C13H19F2NS. The van der Waals surface area contributed by atoms with Gasteiger partial charge in [0.2, 0.25) is 0 Å². The number of likely N-dealkylation sites (N-methyl/N-ethyl adjacent to an activating group) is 1. The molecule has 0 saturated heterocycles. The normalized spacial score (nSPS) is 13.1. The Morgan fingerprint density at radius 1 is 1.29 bits per heavy atom. The van der Waals surface area contributed by atoms with Crippen LogP contribution in [0.3, 0.4) is 0 Å². The lowest BCUT2D eigenvalue weighted by molar-refractivity contribution is 0.490. The zero-order chi connectivity index (χ0) is 12.8. The molecular weight excluding hydrogens is 240 g/mol. The van der Waals surface area contributed by atoms with Crippen LogP contribution in [0.15, 0.2) is 18.2 Å². The Kier molecular flexibility index (Phi) is 5.92. The van der Waals surface area contributed by atoms with Crippen molar-refractivity contribution < 1.29 is 8.78 Å². The molecule has 0 saturated carbocycles. The molecule has 1 atom stereocenters. The molecule has 1 N–H and O–H groups in total. The maximum atomic E-state index is 13.5. The maximum absolute atomic E-state index is 13.5. The van der Waals surface area contributed by atoms with Crippen molar-refractivity contribution in [1.82, 2.24) is 5.32 Å². The van der Waals surface area contributed by atoms with E-state index in [0.717, 1.165) is 11.8 Å². The standard InChI is InChI=1S/C13H19F2NS/c1-9(2)17-8-11(16-3)7-10-5-4-6-12(14)13(10)15/h4-6,9,11,16H,7-8H2,1-3H3. The third-order valence-electron chi connectivity index (χ3n) is 2.54. The van der Waals surface area contributed by atoms with Crippen molar-refractivity contribution in [3.05, 3.63) is 35.4 Å². The van der Waals surface area contributed by atoms with Gasteiger partial charge in [-0.3, -0.25) is 0 Å². The summed E-state index contributed by atoms with van der Waals surface area (Å²) in [6.07, 6.45) is 0.514. The van der Waals surface area contributed by atoms with Gasteiger partial charge in [0.05, 0.1) is 0 Å². The fraction of sp³-hybridized carbons (Fsp3) is 0.538. The first-order chi connectivity index (χ1) is 8.04. The zero-order valence-electron chi connectivity index (χ0n) is 10.5. The fourth-order valence-corrected chi connectivity index (χ4v) is 2.43. The average molecular weight is 259 g/mol. The minimum Gasteiger partial charge on any atom is -0.316 e. The van der Waals surface area contributed by atoms with Crippen molar-refractivity contribution in [3.8, 4) is 0 Å². The van der Waals surface area contributed by atoms with E-state index in [-0.39, 0.29) is 6.04 Å². The summed E-state index contributed by atoms with van der Waals surface area (Å²) in [6.45, 7) is 4.25. The number of rotatable bonds is 6. The smallest absolute Gasteiger partial charge is 0.162 e. The molecule has 0 aromatic heterocycles. The molecule has 96 valence electrons. The lowest BCUT2D eigenvalue weighted by Gasteiger charge is -2.17. The first kappa shape index (κ1) is 14.5. The van der Waals surface area contributed by atoms with Crippen molar-refractivity contribution in [1.29, 1.82) is 0 Å². The van der Waals surface area contributed by atoms with E-state index in [1.807, 2.05) is 18.8 Å². The summed E-state index contributed by atoms with van der Waals surface area (Å²) in [7, 11) is 1.85. The molecule has 0 heterocycles. The summed E-state index contributed by atoms with van der Waals surface area (Å²) < 4.78 is 26.5. The molecule has 0 fully saturated rings. The Balaban J connectivity index is 2.64. The summed E-state index contributed by atoms with van der Waals surface area (Å²) in [5.41, 5.74) is 0.439. The van der Waals surface area contributed by atoms with Crippen LogP contribution in [0.1, 0.15) is 19.4 Å². The summed E-state index contributed by atoms with van der Waals surface area (Å²) >= 11 is 1.81. The van der Waals surface area contributed by atoms with E-state index in [9.17, 15) is 8.78 Å². The molecule has 0 spiro atoms. The number of halogens is 2. The second-order valence-electron chi connectivity index (χ2n) is 4.28. The molecule has 0 aliphatic heterocycles. The van der Waals surface area contributed by atoms with E-state index in [2.05, 4.69) is 19.2 Å². The number of hydrogen-bond donors (Lipinski definition) is 1. The van der Waals surface area contributed by atoms with Gasteiger partial charge in [-0.15, -0.1) is 0 Å². The number of nitrogens with one attached hydrogen (secondary N) is 1. The van der Waals surface area contributed by atoms with Crippen LogP contribution in [0.4, 0.5) is 8.78 Å². The predicted molar refractivity (Wildman–Crippen MR) is 70.5 cm³/mol. The molecule has 17 heavy (non-hydrogen) atoms. The van der Waals surface area contributed by atoms with Crippen LogP contribution in [0.5, 0.6) is 0 Å². The highest BCUT2D eigenvalue weighted by Crippen LogP contribution is 2.16. The second kappa shape index (κ2) is 6.97. The van der Waals surface area contributed by atoms with Crippen LogP contribution in [0.2, 0.25) is 0 Å². The third-order valence-corrected chi connectivity index (χ3v) is 3.80. The third kappa shape index (κ3) is 4.64.